The average molecular weight is 468 g/mol. The zero-order valence-electron chi connectivity index (χ0n) is 20.2. The van der Waals surface area contributed by atoms with E-state index >= 15 is 0 Å². The Labute approximate surface area is 201 Å². The van der Waals surface area contributed by atoms with Crippen molar-refractivity contribution in [1.82, 2.24) is 14.8 Å². The summed E-state index contributed by atoms with van der Waals surface area (Å²) in [7, 11) is 1.98. The molecule has 1 aliphatic heterocycles. The Hall–Kier alpha value is -2.77. The molecule has 1 aromatic carbocycles. The number of rotatable bonds is 7. The maximum Gasteiger partial charge on any atom is 0.259 e. The van der Waals surface area contributed by atoms with Crippen molar-refractivity contribution >= 4 is 11.5 Å². The standard InChI is InChI=1S/C27H34FN3O3/c1-18-14-31(19(2)17-32)27(33)24-12-22(21-8-4-5-9-21)13-29-26(24)34-25(18)16-30(3)15-20-7-6-10-23(28)11-20/h6-8,10-13,18-19,25,32H,4-5,9,14-17H2,1-3H3/t18-,19+,25-/m1/s1. The molecule has 0 spiro atoms. The fourth-order valence-corrected chi connectivity index (χ4v) is 4.75. The van der Waals surface area contributed by atoms with Gasteiger partial charge in [-0.3, -0.25) is 9.69 Å². The van der Waals surface area contributed by atoms with Gasteiger partial charge in [-0.1, -0.05) is 25.1 Å². The molecule has 0 saturated carbocycles. The Morgan fingerprint density at radius 1 is 1.35 bits per heavy atom. The highest BCUT2D eigenvalue weighted by atomic mass is 19.1. The first-order chi connectivity index (χ1) is 16.4. The van der Waals surface area contributed by atoms with Gasteiger partial charge in [-0.15, -0.1) is 0 Å². The summed E-state index contributed by atoms with van der Waals surface area (Å²) < 4.78 is 20.0. The van der Waals surface area contributed by atoms with Crippen molar-refractivity contribution in [2.24, 2.45) is 5.92 Å². The molecule has 2 heterocycles. The highest BCUT2D eigenvalue weighted by molar-refractivity contribution is 5.97. The molecule has 6 nitrogen and oxygen atoms in total. The SMILES string of the molecule is C[C@@H]1CN([C@@H](C)CO)C(=O)c2cc(C3=CCCC3)cnc2O[C@@H]1CN(C)Cc1cccc(F)c1. The summed E-state index contributed by atoms with van der Waals surface area (Å²) in [5, 5.41) is 9.84. The molecule has 7 heteroatoms. The molecule has 0 radical (unpaired) electrons. The summed E-state index contributed by atoms with van der Waals surface area (Å²) in [5.41, 5.74) is 3.50. The molecule has 34 heavy (non-hydrogen) atoms. The van der Waals surface area contributed by atoms with Crippen LogP contribution in [0.3, 0.4) is 0 Å². The number of carbonyl (C=O) groups excluding carboxylic acids is 1. The molecule has 1 aliphatic carbocycles. The molecule has 182 valence electrons. The van der Waals surface area contributed by atoms with Crippen LogP contribution in [-0.2, 0) is 6.54 Å². The third-order valence-corrected chi connectivity index (χ3v) is 6.77. The van der Waals surface area contributed by atoms with Crippen molar-refractivity contribution in [2.75, 3.05) is 26.7 Å². The lowest BCUT2D eigenvalue weighted by atomic mass is 9.99. The second kappa shape index (κ2) is 10.7. The van der Waals surface area contributed by atoms with Gasteiger partial charge in [-0.2, -0.15) is 0 Å². The van der Waals surface area contributed by atoms with Crippen LogP contribution in [0, 0.1) is 11.7 Å². The van der Waals surface area contributed by atoms with E-state index in [1.807, 2.05) is 33.0 Å². The van der Waals surface area contributed by atoms with Crippen LogP contribution in [0.2, 0.25) is 0 Å². The minimum Gasteiger partial charge on any atom is -0.472 e. The molecular formula is C27H34FN3O3. The summed E-state index contributed by atoms with van der Waals surface area (Å²) in [6.45, 7) is 5.42. The largest absolute Gasteiger partial charge is 0.472 e. The van der Waals surface area contributed by atoms with Gasteiger partial charge in [0.15, 0.2) is 0 Å². The maximum absolute atomic E-state index is 13.6. The Morgan fingerprint density at radius 3 is 2.88 bits per heavy atom. The van der Waals surface area contributed by atoms with Gasteiger partial charge in [0.2, 0.25) is 5.88 Å². The number of aliphatic hydroxyl groups excluding tert-OH is 1. The highest BCUT2D eigenvalue weighted by Gasteiger charge is 2.34. The molecule has 0 saturated heterocycles. The number of nitrogens with zero attached hydrogens (tertiary/aromatic N) is 3. The van der Waals surface area contributed by atoms with Crippen molar-refractivity contribution in [2.45, 2.75) is 51.8 Å². The number of ether oxygens (including phenoxy) is 1. The first kappa shape index (κ1) is 24.4. The Bertz CT molecular complexity index is 1060. The van der Waals surface area contributed by atoms with Gasteiger partial charge in [-0.25, -0.2) is 9.37 Å². The van der Waals surface area contributed by atoms with Gasteiger partial charge >= 0.3 is 0 Å². The van der Waals surface area contributed by atoms with Crippen molar-refractivity contribution in [1.29, 1.82) is 0 Å². The lowest BCUT2D eigenvalue weighted by Gasteiger charge is -2.37. The van der Waals surface area contributed by atoms with E-state index in [1.165, 1.54) is 11.6 Å². The molecule has 0 bridgehead atoms. The topological polar surface area (TPSA) is 65.9 Å². The fourth-order valence-electron chi connectivity index (χ4n) is 4.75. The molecule has 1 amide bonds. The molecule has 3 atom stereocenters. The van der Waals surface area contributed by atoms with E-state index < -0.39 is 0 Å². The highest BCUT2D eigenvalue weighted by Crippen LogP contribution is 2.32. The van der Waals surface area contributed by atoms with E-state index in [1.54, 1.807) is 23.2 Å². The van der Waals surface area contributed by atoms with Gasteiger partial charge in [0.05, 0.1) is 12.6 Å². The van der Waals surface area contributed by atoms with Gasteiger partial charge < -0.3 is 14.7 Å². The monoisotopic (exact) mass is 467 g/mol. The summed E-state index contributed by atoms with van der Waals surface area (Å²) in [5.74, 6) is -0.0823. The Kier molecular flexibility index (Phi) is 7.63. The smallest absolute Gasteiger partial charge is 0.259 e. The van der Waals surface area contributed by atoms with Crippen molar-refractivity contribution in [3.8, 4) is 5.88 Å². The summed E-state index contributed by atoms with van der Waals surface area (Å²) in [6, 6.07) is 8.17. The number of amides is 1. The van der Waals surface area contributed by atoms with Crippen molar-refractivity contribution in [3.05, 3.63) is 65.1 Å². The van der Waals surface area contributed by atoms with Gasteiger partial charge in [0.25, 0.3) is 5.91 Å². The minimum absolute atomic E-state index is 0.0000708. The molecule has 2 aromatic rings. The lowest BCUT2D eigenvalue weighted by molar-refractivity contribution is 0.0325. The number of aliphatic hydroxyl groups is 1. The summed E-state index contributed by atoms with van der Waals surface area (Å²) in [4.78, 5) is 21.9. The van der Waals surface area contributed by atoms with Crippen LogP contribution in [0.4, 0.5) is 4.39 Å². The van der Waals surface area contributed by atoms with Crippen LogP contribution < -0.4 is 4.74 Å². The number of carbonyl (C=O) groups is 1. The van der Waals surface area contributed by atoms with Crippen LogP contribution in [0.15, 0.2) is 42.6 Å². The molecule has 1 aromatic heterocycles. The van der Waals surface area contributed by atoms with Gasteiger partial charge in [0.1, 0.15) is 17.5 Å². The number of likely N-dealkylation sites (N-methyl/N-ethyl adjacent to an activating group) is 1. The third kappa shape index (κ3) is 5.47. The van der Waals surface area contributed by atoms with Crippen LogP contribution in [-0.4, -0.2) is 64.7 Å². The predicted octanol–water partition coefficient (Wildman–Crippen LogP) is 4.14. The molecule has 1 N–H and O–H groups in total. The van der Waals surface area contributed by atoms with E-state index in [9.17, 15) is 14.3 Å². The molecular weight excluding hydrogens is 433 g/mol. The first-order valence-electron chi connectivity index (χ1n) is 12.1. The van der Waals surface area contributed by atoms with Gasteiger partial charge in [0, 0.05) is 31.7 Å². The number of aromatic nitrogens is 1. The van der Waals surface area contributed by atoms with Crippen LogP contribution in [0.5, 0.6) is 5.88 Å². The summed E-state index contributed by atoms with van der Waals surface area (Å²) in [6.07, 6.45) is 6.91. The van der Waals surface area contributed by atoms with E-state index in [-0.39, 0.29) is 36.4 Å². The van der Waals surface area contributed by atoms with Crippen LogP contribution in [0.25, 0.3) is 5.57 Å². The first-order valence-corrected chi connectivity index (χ1v) is 12.1. The number of pyridine rings is 1. The molecule has 2 aliphatic rings. The number of benzene rings is 1. The number of fused-ring (bicyclic) bond motifs is 1. The number of allylic oxidation sites excluding steroid dienone is 2. The van der Waals surface area contributed by atoms with E-state index in [0.29, 0.717) is 31.1 Å². The zero-order valence-corrected chi connectivity index (χ0v) is 20.2. The fraction of sp³-hybridized carbons (Fsp3) is 0.481. The quantitative estimate of drug-likeness (QED) is 0.663. The minimum atomic E-state index is -0.319. The van der Waals surface area contributed by atoms with Crippen molar-refractivity contribution in [3.63, 3.8) is 0 Å². The van der Waals surface area contributed by atoms with Gasteiger partial charge in [-0.05, 0) is 68.1 Å². The molecule has 0 unspecified atom stereocenters. The zero-order chi connectivity index (χ0) is 24.2. The van der Waals surface area contributed by atoms with Crippen LogP contribution in [0.1, 0.15) is 54.6 Å². The van der Waals surface area contributed by atoms with E-state index in [0.717, 1.165) is 30.4 Å². The number of halogens is 1. The third-order valence-electron chi connectivity index (χ3n) is 6.77. The Balaban J connectivity index is 1.62. The van der Waals surface area contributed by atoms with Crippen molar-refractivity contribution < 1.29 is 19.0 Å². The molecule has 4 rings (SSSR count). The maximum atomic E-state index is 13.6. The lowest BCUT2D eigenvalue weighted by Crippen LogP contribution is -2.49. The average Bonchev–Trinajstić information content (AvgIpc) is 3.35. The summed E-state index contributed by atoms with van der Waals surface area (Å²) >= 11 is 0. The van der Waals surface area contributed by atoms with E-state index in [2.05, 4.69) is 16.0 Å². The number of hydrogen-bond acceptors (Lipinski definition) is 5. The normalized spacial score (nSPS) is 21.5. The second-order valence-corrected chi connectivity index (χ2v) is 9.65. The van der Waals surface area contributed by atoms with E-state index in [4.69, 9.17) is 4.74 Å². The predicted molar refractivity (Wildman–Crippen MR) is 130 cm³/mol. The second-order valence-electron chi connectivity index (χ2n) is 9.65. The Morgan fingerprint density at radius 2 is 2.18 bits per heavy atom. The molecule has 0 fully saturated rings. The number of hydrogen-bond donors (Lipinski definition) is 1. The van der Waals surface area contributed by atoms with Crippen LogP contribution >= 0.6 is 0 Å².